The number of pyridine rings is 1. The molecule has 3 atom stereocenters. The second-order valence-corrected chi connectivity index (χ2v) is 14.0. The molecular formula is C36H42FN7O5. The van der Waals surface area contributed by atoms with Crippen LogP contribution in [0.4, 0.5) is 10.2 Å². The summed E-state index contributed by atoms with van der Waals surface area (Å²) in [7, 11) is 3.43. The van der Waals surface area contributed by atoms with Gasteiger partial charge in [0.25, 0.3) is 0 Å². The minimum atomic E-state index is -0.539. The average molecular weight is 672 g/mol. The van der Waals surface area contributed by atoms with Crippen molar-refractivity contribution < 1.29 is 28.1 Å². The smallest absolute Gasteiger partial charge is 0.319 e. The molecule has 3 saturated heterocycles. The van der Waals surface area contributed by atoms with Crippen molar-refractivity contribution in [3.8, 4) is 23.1 Å². The zero-order valence-corrected chi connectivity index (χ0v) is 28.1. The van der Waals surface area contributed by atoms with E-state index in [2.05, 4.69) is 32.1 Å². The lowest BCUT2D eigenvalue weighted by Gasteiger charge is -2.31. The Kier molecular flexibility index (Phi) is 7.90. The second-order valence-electron chi connectivity index (χ2n) is 14.0. The highest BCUT2D eigenvalue weighted by atomic mass is 19.1. The number of benzene rings is 1. The third-order valence-corrected chi connectivity index (χ3v) is 11.2. The molecule has 5 aliphatic rings. The van der Waals surface area contributed by atoms with Gasteiger partial charge in [0, 0.05) is 44.9 Å². The number of methoxy groups -OCH3 is 2. The number of aromatic amines is 1. The summed E-state index contributed by atoms with van der Waals surface area (Å²) >= 11 is 0. The van der Waals surface area contributed by atoms with E-state index in [1.807, 2.05) is 0 Å². The van der Waals surface area contributed by atoms with Crippen LogP contribution in [-0.2, 0) is 20.6 Å². The van der Waals surface area contributed by atoms with Crippen molar-refractivity contribution in [2.75, 3.05) is 71.8 Å². The van der Waals surface area contributed by atoms with Gasteiger partial charge in [0.2, 0.25) is 5.88 Å². The molecule has 0 saturated carbocycles. The fraction of sp³-hybridized carbons (Fsp3) is 0.556. The van der Waals surface area contributed by atoms with Crippen LogP contribution in [0.25, 0.3) is 33.1 Å². The molecule has 0 radical (unpaired) electrons. The van der Waals surface area contributed by atoms with E-state index in [0.29, 0.717) is 62.2 Å². The zero-order chi connectivity index (χ0) is 33.1. The van der Waals surface area contributed by atoms with Gasteiger partial charge in [0.1, 0.15) is 35.6 Å². The van der Waals surface area contributed by atoms with Gasteiger partial charge in [-0.3, -0.25) is 10.00 Å². The van der Waals surface area contributed by atoms with Crippen molar-refractivity contribution in [1.29, 1.82) is 0 Å². The highest BCUT2D eigenvalue weighted by Gasteiger charge is 2.47. The van der Waals surface area contributed by atoms with Crippen LogP contribution in [0.5, 0.6) is 11.9 Å². The van der Waals surface area contributed by atoms with E-state index in [1.165, 1.54) is 5.57 Å². The number of anilines is 1. The zero-order valence-electron chi connectivity index (χ0n) is 28.1. The van der Waals surface area contributed by atoms with Crippen molar-refractivity contribution in [2.24, 2.45) is 0 Å². The lowest BCUT2D eigenvalue weighted by Crippen LogP contribution is -2.43. The molecule has 4 aromatic rings. The summed E-state index contributed by atoms with van der Waals surface area (Å²) in [6.45, 7) is 5.05. The molecular weight excluding hydrogens is 629 g/mol. The number of rotatable bonds is 7. The van der Waals surface area contributed by atoms with E-state index < -0.39 is 5.82 Å². The molecule has 9 rings (SSSR count). The predicted octanol–water partition coefficient (Wildman–Crippen LogP) is 4.91. The Morgan fingerprint density at radius 1 is 1.14 bits per heavy atom. The van der Waals surface area contributed by atoms with Gasteiger partial charge in [-0.05, 0) is 68.7 Å². The normalized spacial score (nSPS) is 26.0. The SMILES string of the molecule is COC/C=C1\CN2CCC[C@@]2(COc2nc3c4c(nc(-c5c6c(cc7[nH]ncc57)CCC[C@H]6OC)c(F)c4n2)OC[C@@H]2COCCCN32)C1. The molecule has 1 N–H and O–H groups in total. The maximum atomic E-state index is 17.4. The van der Waals surface area contributed by atoms with E-state index in [9.17, 15) is 0 Å². The third kappa shape index (κ3) is 5.16. The molecule has 7 heterocycles. The van der Waals surface area contributed by atoms with Crippen LogP contribution in [0.2, 0.25) is 0 Å². The molecule has 4 aliphatic heterocycles. The molecule has 0 spiro atoms. The van der Waals surface area contributed by atoms with Crippen molar-refractivity contribution >= 4 is 27.6 Å². The Bertz CT molecular complexity index is 1950. The van der Waals surface area contributed by atoms with E-state index in [1.54, 1.807) is 20.4 Å². The van der Waals surface area contributed by atoms with Crippen LogP contribution in [-0.4, -0.2) is 109 Å². The van der Waals surface area contributed by atoms with Gasteiger partial charge in [-0.1, -0.05) is 11.6 Å². The summed E-state index contributed by atoms with van der Waals surface area (Å²) in [5, 5.41) is 8.67. The largest absolute Gasteiger partial charge is 0.475 e. The summed E-state index contributed by atoms with van der Waals surface area (Å²) in [4.78, 5) is 19.5. The molecule has 13 heteroatoms. The monoisotopic (exact) mass is 671 g/mol. The molecule has 0 unspecified atom stereocenters. The van der Waals surface area contributed by atoms with Crippen LogP contribution in [0, 0.1) is 5.82 Å². The number of hydrogen-bond acceptors (Lipinski definition) is 11. The van der Waals surface area contributed by atoms with Gasteiger partial charge >= 0.3 is 6.01 Å². The number of nitrogens with zero attached hydrogens (tertiary/aromatic N) is 6. The fourth-order valence-corrected chi connectivity index (χ4v) is 8.83. The van der Waals surface area contributed by atoms with Gasteiger partial charge in [-0.15, -0.1) is 0 Å². The molecule has 49 heavy (non-hydrogen) atoms. The van der Waals surface area contributed by atoms with Gasteiger partial charge in [0.05, 0.1) is 42.6 Å². The minimum absolute atomic E-state index is 0.121. The lowest BCUT2D eigenvalue weighted by molar-refractivity contribution is 0.0886. The molecule has 12 nitrogen and oxygen atoms in total. The molecule has 0 bridgehead atoms. The van der Waals surface area contributed by atoms with Gasteiger partial charge in [-0.25, -0.2) is 9.37 Å². The first-order valence-electron chi connectivity index (χ1n) is 17.5. The summed E-state index contributed by atoms with van der Waals surface area (Å²) in [5.41, 5.74) is 5.06. The van der Waals surface area contributed by atoms with E-state index in [0.717, 1.165) is 80.1 Å². The number of aryl methyl sites for hydroxylation is 1. The van der Waals surface area contributed by atoms with E-state index in [-0.39, 0.29) is 34.9 Å². The molecule has 0 amide bonds. The summed E-state index contributed by atoms with van der Waals surface area (Å²) in [6.07, 6.45) is 10.2. The van der Waals surface area contributed by atoms with E-state index in [4.69, 9.17) is 38.6 Å². The molecule has 1 aliphatic carbocycles. The Morgan fingerprint density at radius 2 is 2.08 bits per heavy atom. The summed E-state index contributed by atoms with van der Waals surface area (Å²) in [6, 6.07) is 2.14. The molecule has 258 valence electrons. The number of nitrogens with one attached hydrogen (secondary N) is 1. The van der Waals surface area contributed by atoms with Crippen LogP contribution in [0.1, 0.15) is 55.8 Å². The molecule has 3 fully saturated rings. The Balaban J connectivity index is 1.21. The van der Waals surface area contributed by atoms with Crippen molar-refractivity contribution in [2.45, 2.75) is 62.6 Å². The minimum Gasteiger partial charge on any atom is -0.475 e. The Hall–Kier alpha value is -3.91. The summed E-state index contributed by atoms with van der Waals surface area (Å²) < 4.78 is 47.7. The first-order valence-corrected chi connectivity index (χ1v) is 17.5. The topological polar surface area (TPSA) is 120 Å². The fourth-order valence-electron chi connectivity index (χ4n) is 8.83. The number of aromatic nitrogens is 5. The van der Waals surface area contributed by atoms with Crippen LogP contribution >= 0.6 is 0 Å². The van der Waals surface area contributed by atoms with Crippen molar-refractivity contribution in [3.63, 3.8) is 0 Å². The average Bonchev–Trinajstić information content (AvgIpc) is 3.75. The summed E-state index contributed by atoms with van der Waals surface area (Å²) in [5.74, 6) is 0.347. The predicted molar refractivity (Wildman–Crippen MR) is 181 cm³/mol. The standard InChI is InChI=1S/C36H42FN7O5/c1-45-13-8-21-15-36(9-4-10-43(36)17-21)20-49-35-40-32-29-33(41-35)44-11-5-12-47-18-23(44)19-48-34(29)39-31(30(32)37)28-24-16-38-42-25(24)14-22-6-3-7-26(46-2)27(22)28/h8,14,16,23,26H,3-7,9-13,15,17-20H2,1-2H3,(H,38,42)/b21-8-/t23-,26+,36-/m0/s1. The maximum absolute atomic E-state index is 17.4. The van der Waals surface area contributed by atoms with Crippen LogP contribution < -0.4 is 14.4 Å². The first-order chi connectivity index (χ1) is 24.1. The number of hydrogen-bond donors (Lipinski definition) is 1. The Morgan fingerprint density at radius 3 is 2.98 bits per heavy atom. The maximum Gasteiger partial charge on any atom is 0.319 e. The number of fused-ring (bicyclic) bond motifs is 5. The van der Waals surface area contributed by atoms with Crippen molar-refractivity contribution in [1.82, 2.24) is 30.0 Å². The number of halogens is 1. The number of H-pyrrole nitrogens is 1. The van der Waals surface area contributed by atoms with Gasteiger partial charge in [-0.2, -0.15) is 15.1 Å². The van der Waals surface area contributed by atoms with Crippen molar-refractivity contribution in [3.05, 3.63) is 40.9 Å². The highest BCUT2D eigenvalue weighted by molar-refractivity contribution is 6.02. The van der Waals surface area contributed by atoms with Crippen LogP contribution in [0.15, 0.2) is 23.9 Å². The quantitative estimate of drug-likeness (QED) is 0.270. The van der Waals surface area contributed by atoms with Gasteiger partial charge in [0.15, 0.2) is 5.82 Å². The van der Waals surface area contributed by atoms with E-state index >= 15 is 4.39 Å². The first kappa shape index (κ1) is 31.1. The molecule has 3 aromatic heterocycles. The Labute approximate surface area is 283 Å². The lowest BCUT2D eigenvalue weighted by atomic mass is 9.83. The number of ether oxygens (including phenoxy) is 5. The third-order valence-electron chi connectivity index (χ3n) is 11.2. The molecule has 1 aromatic carbocycles. The highest BCUT2D eigenvalue weighted by Crippen LogP contribution is 2.47. The van der Waals surface area contributed by atoms with Crippen LogP contribution in [0.3, 0.4) is 0 Å². The second kappa shape index (κ2) is 12.4. The van der Waals surface area contributed by atoms with Gasteiger partial charge < -0.3 is 28.6 Å².